The van der Waals surface area contributed by atoms with E-state index in [2.05, 4.69) is 5.32 Å². The van der Waals surface area contributed by atoms with E-state index in [0.29, 0.717) is 0 Å². The van der Waals surface area contributed by atoms with E-state index in [9.17, 15) is 8.42 Å². The molecule has 1 spiro atoms. The summed E-state index contributed by atoms with van der Waals surface area (Å²) in [4.78, 5) is 0. The first-order valence-electron chi connectivity index (χ1n) is 6.70. The zero-order valence-electron chi connectivity index (χ0n) is 10.2. The molecule has 3 rings (SSSR count). The molecule has 5 heteroatoms. The zero-order valence-corrected chi connectivity index (χ0v) is 11.0. The van der Waals surface area contributed by atoms with Crippen LogP contribution in [0.15, 0.2) is 0 Å². The maximum atomic E-state index is 11.6. The Balaban J connectivity index is 1.74. The normalized spacial score (nSPS) is 39.8. The molecule has 1 aliphatic carbocycles. The first kappa shape index (κ1) is 11.9. The second-order valence-corrected chi connectivity index (χ2v) is 7.97. The quantitative estimate of drug-likeness (QED) is 0.701. The van der Waals surface area contributed by atoms with Gasteiger partial charge in [-0.25, -0.2) is 8.42 Å². The lowest BCUT2D eigenvalue weighted by atomic mass is 9.91. The van der Waals surface area contributed by atoms with Gasteiger partial charge in [-0.3, -0.25) is 0 Å². The van der Waals surface area contributed by atoms with E-state index in [0.717, 1.165) is 19.4 Å². The van der Waals surface area contributed by atoms with Gasteiger partial charge in [0.2, 0.25) is 0 Å². The lowest BCUT2D eigenvalue weighted by Gasteiger charge is -2.42. The van der Waals surface area contributed by atoms with Crippen LogP contribution in [0.25, 0.3) is 0 Å². The first-order chi connectivity index (χ1) is 8.09. The van der Waals surface area contributed by atoms with Gasteiger partial charge in [0.1, 0.15) is 0 Å². The van der Waals surface area contributed by atoms with E-state index in [1.165, 1.54) is 25.7 Å². The van der Waals surface area contributed by atoms with E-state index >= 15 is 0 Å². The Morgan fingerprint density at radius 1 is 1.06 bits per heavy atom. The van der Waals surface area contributed by atoms with Crippen molar-refractivity contribution in [1.82, 2.24) is 5.32 Å². The van der Waals surface area contributed by atoms with Crippen LogP contribution < -0.4 is 5.32 Å². The topological polar surface area (TPSA) is 55.4 Å². The highest BCUT2D eigenvalue weighted by molar-refractivity contribution is 7.91. The Kier molecular flexibility index (Phi) is 2.96. The molecule has 2 saturated heterocycles. The van der Waals surface area contributed by atoms with Crippen molar-refractivity contribution in [1.29, 1.82) is 0 Å². The van der Waals surface area contributed by atoms with Crippen LogP contribution in [0, 0.1) is 0 Å². The third-order valence-electron chi connectivity index (χ3n) is 4.40. The highest BCUT2D eigenvalue weighted by Crippen LogP contribution is 2.36. The van der Waals surface area contributed by atoms with Crippen LogP contribution in [0.2, 0.25) is 0 Å². The summed E-state index contributed by atoms with van der Waals surface area (Å²) in [6, 6.07) is 0.0360. The molecule has 3 fully saturated rings. The number of fused-ring (bicyclic) bond motifs is 1. The summed E-state index contributed by atoms with van der Waals surface area (Å²) >= 11 is 0. The Morgan fingerprint density at radius 2 is 1.76 bits per heavy atom. The van der Waals surface area contributed by atoms with Crippen molar-refractivity contribution in [3.05, 3.63) is 0 Å². The summed E-state index contributed by atoms with van der Waals surface area (Å²) in [5.41, 5.74) is -0.0719. The largest absolute Gasteiger partial charge is 0.368 e. The lowest BCUT2D eigenvalue weighted by molar-refractivity contribution is -0.127. The first-order valence-corrected chi connectivity index (χ1v) is 8.52. The molecule has 2 atom stereocenters. The fraction of sp³-hybridized carbons (Fsp3) is 1.00. The fourth-order valence-corrected chi connectivity index (χ4v) is 5.29. The van der Waals surface area contributed by atoms with Gasteiger partial charge in [-0.1, -0.05) is 25.7 Å². The van der Waals surface area contributed by atoms with Gasteiger partial charge in [-0.15, -0.1) is 0 Å². The predicted octanol–water partition coefficient (Wildman–Crippen LogP) is 0.865. The van der Waals surface area contributed by atoms with Crippen molar-refractivity contribution < 1.29 is 13.2 Å². The Bertz CT molecular complexity index is 385. The van der Waals surface area contributed by atoms with Gasteiger partial charge >= 0.3 is 0 Å². The molecule has 0 aromatic rings. The number of hydrogen-bond donors (Lipinski definition) is 1. The highest BCUT2D eigenvalue weighted by atomic mass is 32.2. The van der Waals surface area contributed by atoms with E-state index in [4.69, 9.17) is 4.74 Å². The number of rotatable bonds is 0. The fourth-order valence-electron chi connectivity index (χ4n) is 3.47. The van der Waals surface area contributed by atoms with Crippen molar-refractivity contribution in [3.8, 4) is 0 Å². The van der Waals surface area contributed by atoms with Crippen molar-refractivity contribution in [3.63, 3.8) is 0 Å². The van der Waals surface area contributed by atoms with Crippen molar-refractivity contribution in [2.75, 3.05) is 18.1 Å². The molecule has 4 nitrogen and oxygen atoms in total. The average Bonchev–Trinajstić information content (AvgIpc) is 2.44. The molecule has 98 valence electrons. The van der Waals surface area contributed by atoms with Gasteiger partial charge < -0.3 is 10.1 Å². The second kappa shape index (κ2) is 4.21. The minimum atomic E-state index is -2.88. The van der Waals surface area contributed by atoms with E-state index in [-0.39, 0.29) is 29.3 Å². The second-order valence-electron chi connectivity index (χ2n) is 5.82. The van der Waals surface area contributed by atoms with Gasteiger partial charge in [0.15, 0.2) is 9.84 Å². The lowest BCUT2D eigenvalue weighted by Crippen LogP contribution is -2.58. The molecular formula is C12H21NO3S. The van der Waals surface area contributed by atoms with Crippen LogP contribution in [0.1, 0.15) is 38.5 Å². The van der Waals surface area contributed by atoms with Crippen LogP contribution in [0.3, 0.4) is 0 Å². The molecule has 17 heavy (non-hydrogen) atoms. The van der Waals surface area contributed by atoms with Gasteiger partial charge in [-0.2, -0.15) is 0 Å². The molecule has 1 N–H and O–H groups in total. The van der Waals surface area contributed by atoms with Crippen LogP contribution >= 0.6 is 0 Å². The Morgan fingerprint density at radius 3 is 2.47 bits per heavy atom. The summed E-state index contributed by atoms with van der Waals surface area (Å²) in [5, 5.41) is 3.42. The highest BCUT2D eigenvalue weighted by Gasteiger charge is 2.47. The molecule has 0 radical (unpaired) electrons. The molecule has 0 aromatic heterocycles. The maximum Gasteiger partial charge on any atom is 0.154 e. The minimum Gasteiger partial charge on any atom is -0.368 e. The molecule has 2 aliphatic heterocycles. The monoisotopic (exact) mass is 259 g/mol. The Labute approximate surface area is 103 Å². The van der Waals surface area contributed by atoms with Crippen LogP contribution in [-0.2, 0) is 14.6 Å². The molecule has 0 bridgehead atoms. The zero-order chi connectivity index (χ0) is 11.9. The van der Waals surface area contributed by atoms with E-state index in [1.807, 2.05) is 0 Å². The number of nitrogens with one attached hydrogen (secondary N) is 1. The summed E-state index contributed by atoms with van der Waals surface area (Å²) in [5.74, 6) is 0.472. The summed E-state index contributed by atoms with van der Waals surface area (Å²) in [7, 11) is -2.88. The van der Waals surface area contributed by atoms with Gasteiger partial charge in [0, 0.05) is 12.6 Å². The number of hydrogen-bond acceptors (Lipinski definition) is 4. The van der Waals surface area contributed by atoms with Gasteiger partial charge in [0.25, 0.3) is 0 Å². The molecule has 0 amide bonds. The minimum absolute atomic E-state index is 0.0360. The van der Waals surface area contributed by atoms with E-state index < -0.39 is 9.84 Å². The van der Waals surface area contributed by atoms with E-state index in [1.54, 1.807) is 0 Å². The SMILES string of the molecule is O=S1(=O)CC2NCC3(CCCCCC3)OC2C1. The standard InChI is InChI=1S/C12H21NO3S/c14-17(15)7-10-11(8-17)16-12(9-13-10)5-3-1-2-4-6-12/h10-11,13H,1-9H2. The van der Waals surface area contributed by atoms with Crippen molar-refractivity contribution in [2.45, 2.75) is 56.3 Å². The molecule has 1 saturated carbocycles. The summed E-state index contributed by atoms with van der Waals surface area (Å²) in [6.45, 7) is 0.837. The smallest absolute Gasteiger partial charge is 0.154 e. The van der Waals surface area contributed by atoms with Gasteiger partial charge in [-0.05, 0) is 12.8 Å². The number of ether oxygens (including phenoxy) is 1. The third kappa shape index (κ3) is 2.37. The van der Waals surface area contributed by atoms with Crippen LogP contribution in [0.4, 0.5) is 0 Å². The average molecular weight is 259 g/mol. The Hall–Kier alpha value is -0.130. The maximum absolute atomic E-state index is 11.6. The molecule has 3 aliphatic rings. The molecule has 2 heterocycles. The van der Waals surface area contributed by atoms with Crippen LogP contribution in [0.5, 0.6) is 0 Å². The number of sulfone groups is 1. The predicted molar refractivity (Wildman–Crippen MR) is 65.8 cm³/mol. The van der Waals surface area contributed by atoms with Gasteiger partial charge in [0.05, 0.1) is 23.2 Å². The summed E-state index contributed by atoms with van der Waals surface area (Å²) < 4.78 is 29.4. The van der Waals surface area contributed by atoms with Crippen molar-refractivity contribution >= 4 is 9.84 Å². The summed E-state index contributed by atoms with van der Waals surface area (Å²) in [6.07, 6.45) is 7.07. The van der Waals surface area contributed by atoms with Crippen LogP contribution in [-0.4, -0.2) is 44.2 Å². The molecule has 0 aromatic carbocycles. The number of morpholine rings is 1. The molecule has 2 unspecified atom stereocenters. The molecular weight excluding hydrogens is 238 g/mol. The third-order valence-corrected chi connectivity index (χ3v) is 6.11. The van der Waals surface area contributed by atoms with Crippen molar-refractivity contribution in [2.24, 2.45) is 0 Å².